The summed E-state index contributed by atoms with van der Waals surface area (Å²) in [6.45, 7) is 1.59. The van der Waals surface area contributed by atoms with Crippen molar-refractivity contribution in [1.82, 2.24) is 0 Å². The van der Waals surface area contributed by atoms with Gasteiger partial charge in [0, 0.05) is 0 Å². The van der Waals surface area contributed by atoms with E-state index in [-0.39, 0.29) is 13.2 Å². The number of carboxylic acid groups (broad SMARTS) is 1. The quantitative estimate of drug-likeness (QED) is 0.473. The summed E-state index contributed by atoms with van der Waals surface area (Å²) in [5.41, 5.74) is 5.10. The number of carboxylic acids is 1. The fourth-order valence-electron chi connectivity index (χ4n) is 0.437. The molecule has 4 N–H and O–H groups in total. The van der Waals surface area contributed by atoms with Crippen molar-refractivity contribution in [3.05, 3.63) is 0 Å². The second-order valence-corrected chi connectivity index (χ2v) is 2.33. The summed E-state index contributed by atoms with van der Waals surface area (Å²) >= 11 is 0. The summed E-state index contributed by atoms with van der Waals surface area (Å²) in [5, 5.41) is 17.0. The minimum atomic E-state index is -1.10. The number of aliphatic hydroxyl groups is 1. The second kappa shape index (κ2) is 5.06. The molecule has 66 valence electrons. The summed E-state index contributed by atoms with van der Waals surface area (Å²) in [4.78, 5) is 10.1. The Labute approximate surface area is 64.8 Å². The highest BCUT2D eigenvalue weighted by Gasteiger charge is 2.11. The van der Waals surface area contributed by atoms with Crippen molar-refractivity contribution in [3.63, 3.8) is 0 Å². The third kappa shape index (κ3) is 5.78. The molecule has 0 rings (SSSR count). The van der Waals surface area contributed by atoms with Gasteiger partial charge < -0.3 is 20.7 Å². The van der Waals surface area contributed by atoms with E-state index >= 15 is 0 Å². The van der Waals surface area contributed by atoms with E-state index in [9.17, 15) is 4.79 Å². The number of carbonyl (C=O) groups is 1. The van der Waals surface area contributed by atoms with Gasteiger partial charge in [-0.1, -0.05) is 0 Å². The average molecular weight is 163 g/mol. The third-order valence-electron chi connectivity index (χ3n) is 0.974. The van der Waals surface area contributed by atoms with Crippen LogP contribution in [-0.4, -0.2) is 41.5 Å². The van der Waals surface area contributed by atoms with Gasteiger partial charge >= 0.3 is 5.97 Å². The van der Waals surface area contributed by atoms with Crippen LogP contribution < -0.4 is 5.73 Å². The minimum absolute atomic E-state index is 0.0692. The standard InChI is InChI=1S/C6H13NO4/c1-4(8)2-11-3-5(7)6(9)10/h4-5,8H,2-3,7H2,1H3,(H,9,10)/t4-,5-/m0/s1. The summed E-state index contributed by atoms with van der Waals surface area (Å²) < 4.78 is 4.76. The van der Waals surface area contributed by atoms with Crippen molar-refractivity contribution in [1.29, 1.82) is 0 Å². The van der Waals surface area contributed by atoms with Crippen LogP contribution in [0.3, 0.4) is 0 Å². The van der Waals surface area contributed by atoms with Crippen LogP contribution in [0, 0.1) is 0 Å². The molecule has 5 heteroatoms. The molecule has 0 aromatic rings. The molecule has 0 amide bonds. The summed E-state index contributed by atoms with van der Waals surface area (Å²) in [5.74, 6) is -1.10. The molecule has 0 unspecified atom stereocenters. The largest absolute Gasteiger partial charge is 0.480 e. The molecule has 0 aliphatic heterocycles. The van der Waals surface area contributed by atoms with Crippen molar-refractivity contribution in [3.8, 4) is 0 Å². The highest BCUT2D eigenvalue weighted by Crippen LogP contribution is 1.85. The zero-order valence-corrected chi connectivity index (χ0v) is 6.36. The molecule has 0 bridgehead atoms. The molecule has 0 spiro atoms. The second-order valence-electron chi connectivity index (χ2n) is 2.33. The maximum atomic E-state index is 10.1. The Balaban J connectivity index is 3.31. The normalized spacial score (nSPS) is 15.9. The van der Waals surface area contributed by atoms with Crippen molar-refractivity contribution in [2.45, 2.75) is 19.1 Å². The van der Waals surface area contributed by atoms with E-state index in [0.29, 0.717) is 0 Å². The predicted molar refractivity (Wildman–Crippen MR) is 38.1 cm³/mol. The Morgan fingerprint density at radius 2 is 2.18 bits per heavy atom. The smallest absolute Gasteiger partial charge is 0.322 e. The van der Waals surface area contributed by atoms with Gasteiger partial charge in [-0.3, -0.25) is 4.79 Å². The molecule has 0 heterocycles. The maximum absolute atomic E-state index is 10.1. The Morgan fingerprint density at radius 1 is 1.64 bits per heavy atom. The number of hydrogen-bond donors (Lipinski definition) is 3. The molecule has 0 fully saturated rings. The molecule has 0 saturated carbocycles. The molecule has 0 aliphatic carbocycles. The lowest BCUT2D eigenvalue weighted by Gasteiger charge is -2.08. The monoisotopic (exact) mass is 163 g/mol. The molecule has 0 radical (unpaired) electrons. The van der Waals surface area contributed by atoms with Gasteiger partial charge in [0.25, 0.3) is 0 Å². The van der Waals surface area contributed by atoms with Crippen LogP contribution in [0.2, 0.25) is 0 Å². The van der Waals surface area contributed by atoms with E-state index in [1.165, 1.54) is 0 Å². The van der Waals surface area contributed by atoms with Crippen LogP contribution in [0.4, 0.5) is 0 Å². The lowest BCUT2D eigenvalue weighted by molar-refractivity contribution is -0.140. The van der Waals surface area contributed by atoms with E-state index in [2.05, 4.69) is 0 Å². The van der Waals surface area contributed by atoms with Crippen LogP contribution in [0.25, 0.3) is 0 Å². The molecule has 0 aliphatic rings. The lowest BCUT2D eigenvalue weighted by Crippen LogP contribution is -2.35. The van der Waals surface area contributed by atoms with Gasteiger partial charge in [0.2, 0.25) is 0 Å². The highest BCUT2D eigenvalue weighted by atomic mass is 16.5. The Hall–Kier alpha value is -0.650. The zero-order valence-electron chi connectivity index (χ0n) is 6.36. The Morgan fingerprint density at radius 3 is 2.55 bits per heavy atom. The molecule has 2 atom stereocenters. The van der Waals surface area contributed by atoms with Gasteiger partial charge in [0.05, 0.1) is 19.3 Å². The molecule has 0 aromatic heterocycles. The first-order valence-electron chi connectivity index (χ1n) is 3.28. The lowest BCUT2D eigenvalue weighted by atomic mass is 10.3. The van der Waals surface area contributed by atoms with Crippen molar-refractivity contribution < 1.29 is 19.7 Å². The topological polar surface area (TPSA) is 92.8 Å². The number of aliphatic hydroxyl groups excluding tert-OH is 1. The fraction of sp³-hybridized carbons (Fsp3) is 0.833. The van der Waals surface area contributed by atoms with Gasteiger partial charge in [-0.2, -0.15) is 0 Å². The van der Waals surface area contributed by atoms with Crippen LogP contribution >= 0.6 is 0 Å². The number of aliphatic carboxylic acids is 1. The first-order chi connectivity index (χ1) is 5.04. The van der Waals surface area contributed by atoms with Crippen LogP contribution in [0.1, 0.15) is 6.92 Å². The van der Waals surface area contributed by atoms with Crippen molar-refractivity contribution in [2.75, 3.05) is 13.2 Å². The zero-order chi connectivity index (χ0) is 8.85. The average Bonchev–Trinajstić information content (AvgIpc) is 1.86. The Kier molecular flexibility index (Phi) is 4.76. The minimum Gasteiger partial charge on any atom is -0.480 e. The van der Waals surface area contributed by atoms with E-state index in [1.807, 2.05) is 0 Å². The summed E-state index contributed by atoms with van der Waals surface area (Å²) in [7, 11) is 0. The first kappa shape index (κ1) is 10.3. The van der Waals surface area contributed by atoms with E-state index < -0.39 is 18.1 Å². The van der Waals surface area contributed by atoms with Gasteiger partial charge in [-0.25, -0.2) is 0 Å². The number of nitrogens with two attached hydrogens (primary N) is 1. The molecule has 0 aromatic carbocycles. The molecule has 0 saturated heterocycles. The predicted octanol–water partition coefficient (Wildman–Crippen LogP) is -1.20. The van der Waals surface area contributed by atoms with Gasteiger partial charge in [0.15, 0.2) is 0 Å². The Bertz CT molecular complexity index is 126. The van der Waals surface area contributed by atoms with E-state index in [1.54, 1.807) is 6.92 Å². The molecular weight excluding hydrogens is 150 g/mol. The SMILES string of the molecule is C[C@H](O)COC[C@H](N)C(=O)O. The van der Waals surface area contributed by atoms with Crippen LogP contribution in [0.15, 0.2) is 0 Å². The van der Waals surface area contributed by atoms with Crippen molar-refractivity contribution in [2.24, 2.45) is 5.73 Å². The fourth-order valence-corrected chi connectivity index (χ4v) is 0.437. The summed E-state index contributed by atoms with van der Waals surface area (Å²) in [6.07, 6.45) is -0.587. The maximum Gasteiger partial charge on any atom is 0.322 e. The molecule has 11 heavy (non-hydrogen) atoms. The van der Waals surface area contributed by atoms with E-state index in [0.717, 1.165) is 0 Å². The highest BCUT2D eigenvalue weighted by molar-refractivity contribution is 5.73. The van der Waals surface area contributed by atoms with Gasteiger partial charge in [-0.05, 0) is 6.92 Å². The number of rotatable bonds is 5. The number of hydrogen-bond acceptors (Lipinski definition) is 4. The van der Waals surface area contributed by atoms with Crippen LogP contribution in [-0.2, 0) is 9.53 Å². The van der Waals surface area contributed by atoms with Gasteiger partial charge in [-0.15, -0.1) is 0 Å². The summed E-state index contributed by atoms with van der Waals surface area (Å²) in [6, 6.07) is -1.01. The molecular formula is C6H13NO4. The van der Waals surface area contributed by atoms with Crippen LogP contribution in [0.5, 0.6) is 0 Å². The third-order valence-corrected chi connectivity index (χ3v) is 0.974. The molecule has 5 nitrogen and oxygen atoms in total. The van der Waals surface area contributed by atoms with E-state index in [4.69, 9.17) is 20.7 Å². The van der Waals surface area contributed by atoms with Gasteiger partial charge in [0.1, 0.15) is 6.04 Å². The number of ether oxygens (including phenoxy) is 1. The van der Waals surface area contributed by atoms with Crippen molar-refractivity contribution >= 4 is 5.97 Å². The first-order valence-corrected chi connectivity index (χ1v) is 3.28.